The quantitative estimate of drug-likeness (QED) is 0.310. The summed E-state index contributed by atoms with van der Waals surface area (Å²) in [6, 6.07) is 9.94. The monoisotopic (exact) mass is 431 g/mol. The van der Waals surface area contributed by atoms with E-state index in [-0.39, 0.29) is 23.3 Å². The van der Waals surface area contributed by atoms with Crippen molar-refractivity contribution in [3.05, 3.63) is 75.3 Å². The lowest BCUT2D eigenvalue weighted by atomic mass is 10.2. The summed E-state index contributed by atoms with van der Waals surface area (Å²) in [6.45, 7) is 1.95. The zero-order valence-corrected chi connectivity index (χ0v) is 16.3. The Kier molecular flexibility index (Phi) is 6.38. The lowest BCUT2D eigenvalue weighted by molar-refractivity contribution is -0.383. The number of nitrogens with zero attached hydrogens (tertiary/aromatic N) is 3. The van der Waals surface area contributed by atoms with Crippen LogP contribution in [0.4, 0.5) is 33.1 Å². The molecule has 30 heavy (non-hydrogen) atoms. The fourth-order valence-corrected chi connectivity index (χ4v) is 2.67. The third-order valence-corrected chi connectivity index (χ3v) is 4.14. The molecule has 11 heteroatoms. The van der Waals surface area contributed by atoms with Gasteiger partial charge in [-0.2, -0.15) is 0 Å². The van der Waals surface area contributed by atoms with Crippen molar-refractivity contribution in [1.29, 1.82) is 0 Å². The van der Waals surface area contributed by atoms with Crippen LogP contribution in [0.5, 0.6) is 0 Å². The highest BCUT2D eigenvalue weighted by atomic mass is 35.5. The van der Waals surface area contributed by atoms with Crippen LogP contribution in [0.25, 0.3) is 0 Å². The number of nitro groups is 1. The number of esters is 1. The summed E-state index contributed by atoms with van der Waals surface area (Å²) in [5.41, 5.74) is 0.691. The van der Waals surface area contributed by atoms with Gasteiger partial charge in [0.05, 0.1) is 22.1 Å². The van der Waals surface area contributed by atoms with E-state index >= 15 is 0 Å². The Bertz CT molecular complexity index is 1090. The first-order valence-electron chi connectivity index (χ1n) is 8.64. The van der Waals surface area contributed by atoms with E-state index in [2.05, 4.69) is 20.6 Å². The maximum atomic E-state index is 13.3. The number of benzene rings is 2. The van der Waals surface area contributed by atoms with E-state index in [1.807, 2.05) is 0 Å². The second kappa shape index (κ2) is 9.14. The fraction of sp³-hybridized carbons (Fsp3) is 0.105. The molecule has 1 heterocycles. The van der Waals surface area contributed by atoms with Crippen LogP contribution in [-0.2, 0) is 4.74 Å². The van der Waals surface area contributed by atoms with E-state index in [4.69, 9.17) is 16.3 Å². The summed E-state index contributed by atoms with van der Waals surface area (Å²) in [5, 5.41) is 17.1. The number of carbonyl (C=O) groups is 1. The van der Waals surface area contributed by atoms with Gasteiger partial charge in [-0.3, -0.25) is 10.1 Å². The van der Waals surface area contributed by atoms with E-state index < -0.39 is 22.4 Å². The SMILES string of the molecule is CCOC(=O)c1ccc(Nc2ncnc(Nc3ccc(F)c(Cl)c3)c2[N+](=O)[O-])cc1. The summed E-state index contributed by atoms with van der Waals surface area (Å²) in [5.74, 6) is -1.27. The van der Waals surface area contributed by atoms with Crippen molar-refractivity contribution in [1.82, 2.24) is 9.97 Å². The molecule has 0 spiro atoms. The van der Waals surface area contributed by atoms with Gasteiger partial charge in [0.2, 0.25) is 11.6 Å². The minimum absolute atomic E-state index is 0.0745. The Labute approximate surface area is 175 Å². The van der Waals surface area contributed by atoms with Crippen LogP contribution in [0.2, 0.25) is 5.02 Å². The van der Waals surface area contributed by atoms with E-state index in [9.17, 15) is 19.3 Å². The van der Waals surface area contributed by atoms with Crippen molar-refractivity contribution in [3.8, 4) is 0 Å². The summed E-state index contributed by atoms with van der Waals surface area (Å²) in [6.07, 6.45) is 1.13. The fourth-order valence-electron chi connectivity index (χ4n) is 2.49. The van der Waals surface area contributed by atoms with Crippen LogP contribution in [0.1, 0.15) is 17.3 Å². The highest BCUT2D eigenvalue weighted by molar-refractivity contribution is 6.31. The predicted octanol–water partition coefficient (Wildman–Crippen LogP) is 4.84. The first-order chi connectivity index (χ1) is 14.4. The molecule has 0 saturated carbocycles. The molecule has 9 nitrogen and oxygen atoms in total. The van der Waals surface area contributed by atoms with Gasteiger partial charge in [0.1, 0.15) is 12.1 Å². The summed E-state index contributed by atoms with van der Waals surface area (Å²) in [4.78, 5) is 30.6. The molecule has 0 amide bonds. The van der Waals surface area contributed by atoms with E-state index in [1.165, 1.54) is 24.3 Å². The Morgan fingerprint density at radius 2 is 1.73 bits per heavy atom. The minimum Gasteiger partial charge on any atom is -0.462 e. The number of halogens is 2. The number of nitrogens with one attached hydrogen (secondary N) is 2. The van der Waals surface area contributed by atoms with Gasteiger partial charge in [-0.05, 0) is 49.4 Å². The molecule has 154 valence electrons. The average molecular weight is 432 g/mol. The molecule has 2 aromatic carbocycles. The Morgan fingerprint density at radius 1 is 1.13 bits per heavy atom. The van der Waals surface area contributed by atoms with Gasteiger partial charge >= 0.3 is 11.7 Å². The lowest BCUT2D eigenvalue weighted by Gasteiger charge is -2.11. The van der Waals surface area contributed by atoms with Crippen LogP contribution in [0, 0.1) is 15.9 Å². The molecular formula is C19H15ClFN5O4. The molecule has 0 bridgehead atoms. The van der Waals surface area contributed by atoms with Gasteiger partial charge in [0.15, 0.2) is 0 Å². The third-order valence-electron chi connectivity index (χ3n) is 3.85. The molecule has 3 aromatic rings. The molecule has 0 fully saturated rings. The number of rotatable bonds is 7. The standard InChI is InChI=1S/C19H15ClFN5O4/c1-2-30-19(27)11-3-5-12(6-4-11)24-17-16(26(28)29)18(23-10-22-17)25-13-7-8-15(21)14(20)9-13/h3-10H,2H2,1H3,(H2,22,23,24,25). The van der Waals surface area contributed by atoms with E-state index in [0.717, 1.165) is 12.4 Å². The van der Waals surface area contributed by atoms with Crippen molar-refractivity contribution in [3.63, 3.8) is 0 Å². The minimum atomic E-state index is -0.650. The van der Waals surface area contributed by atoms with Crippen molar-refractivity contribution >= 4 is 46.3 Å². The second-order valence-corrected chi connectivity index (χ2v) is 6.26. The molecule has 0 radical (unpaired) electrons. The van der Waals surface area contributed by atoms with Crippen LogP contribution >= 0.6 is 11.6 Å². The van der Waals surface area contributed by atoms with Gasteiger partial charge in [-0.1, -0.05) is 11.6 Å². The molecule has 0 aliphatic rings. The van der Waals surface area contributed by atoms with Gasteiger partial charge in [0, 0.05) is 11.4 Å². The van der Waals surface area contributed by atoms with E-state index in [0.29, 0.717) is 16.9 Å². The zero-order chi connectivity index (χ0) is 21.7. The van der Waals surface area contributed by atoms with Gasteiger partial charge in [0.25, 0.3) is 0 Å². The molecule has 0 aliphatic carbocycles. The molecule has 0 saturated heterocycles. The van der Waals surface area contributed by atoms with Gasteiger partial charge in [-0.25, -0.2) is 19.2 Å². The highest BCUT2D eigenvalue weighted by Crippen LogP contribution is 2.33. The Morgan fingerprint density at radius 3 is 2.30 bits per heavy atom. The predicted molar refractivity (Wildman–Crippen MR) is 109 cm³/mol. The van der Waals surface area contributed by atoms with Crippen molar-refractivity contribution in [2.24, 2.45) is 0 Å². The molecule has 0 aliphatic heterocycles. The largest absolute Gasteiger partial charge is 0.462 e. The van der Waals surface area contributed by atoms with Crippen LogP contribution in [-0.4, -0.2) is 27.5 Å². The molecule has 0 atom stereocenters. The number of anilines is 4. The second-order valence-electron chi connectivity index (χ2n) is 5.85. The third kappa shape index (κ3) is 4.78. The maximum Gasteiger partial charge on any atom is 0.353 e. The molecule has 3 rings (SSSR count). The van der Waals surface area contributed by atoms with Gasteiger partial charge < -0.3 is 15.4 Å². The first-order valence-corrected chi connectivity index (χ1v) is 9.02. The van der Waals surface area contributed by atoms with Crippen LogP contribution < -0.4 is 10.6 Å². The van der Waals surface area contributed by atoms with Crippen molar-refractivity contribution in [2.45, 2.75) is 6.92 Å². The number of ether oxygens (including phenoxy) is 1. The Hall–Kier alpha value is -3.79. The molecule has 2 N–H and O–H groups in total. The number of aromatic nitrogens is 2. The summed E-state index contributed by atoms with van der Waals surface area (Å²) in [7, 11) is 0. The topological polar surface area (TPSA) is 119 Å². The number of hydrogen-bond acceptors (Lipinski definition) is 8. The lowest BCUT2D eigenvalue weighted by Crippen LogP contribution is -2.06. The van der Waals surface area contributed by atoms with Crippen LogP contribution in [0.3, 0.4) is 0 Å². The Balaban J connectivity index is 1.88. The highest BCUT2D eigenvalue weighted by Gasteiger charge is 2.23. The number of hydrogen-bond donors (Lipinski definition) is 2. The molecule has 0 unspecified atom stereocenters. The normalized spacial score (nSPS) is 10.4. The van der Waals surface area contributed by atoms with Crippen molar-refractivity contribution < 1.29 is 18.8 Å². The van der Waals surface area contributed by atoms with E-state index in [1.54, 1.807) is 19.1 Å². The molecule has 1 aromatic heterocycles. The van der Waals surface area contributed by atoms with Gasteiger partial charge in [-0.15, -0.1) is 0 Å². The van der Waals surface area contributed by atoms with Crippen molar-refractivity contribution in [2.75, 3.05) is 17.2 Å². The summed E-state index contributed by atoms with van der Waals surface area (Å²) >= 11 is 5.75. The smallest absolute Gasteiger partial charge is 0.353 e. The molecular weight excluding hydrogens is 417 g/mol. The number of carbonyl (C=O) groups excluding carboxylic acids is 1. The summed E-state index contributed by atoms with van der Waals surface area (Å²) < 4.78 is 18.3. The maximum absolute atomic E-state index is 13.3. The zero-order valence-electron chi connectivity index (χ0n) is 15.6. The first kappa shape index (κ1) is 20.9. The average Bonchev–Trinajstić information content (AvgIpc) is 2.71. The van der Waals surface area contributed by atoms with Crippen LogP contribution in [0.15, 0.2) is 48.8 Å².